The highest BCUT2D eigenvalue weighted by molar-refractivity contribution is 6.36. The van der Waals surface area contributed by atoms with Crippen LogP contribution in [0.3, 0.4) is 0 Å². The van der Waals surface area contributed by atoms with Gasteiger partial charge in [0.25, 0.3) is 0 Å². The van der Waals surface area contributed by atoms with Gasteiger partial charge in [0.1, 0.15) is 0 Å². The minimum Gasteiger partial charge on any atom is -0.370 e. The van der Waals surface area contributed by atoms with Crippen LogP contribution < -0.4 is 11.1 Å². The van der Waals surface area contributed by atoms with Gasteiger partial charge in [0.05, 0.1) is 0 Å². The van der Waals surface area contributed by atoms with E-state index in [0.717, 1.165) is 0 Å². The average molecular weight is 197 g/mol. The van der Waals surface area contributed by atoms with Gasteiger partial charge in [-0.3, -0.25) is 4.79 Å². The molecule has 0 aromatic heterocycles. The highest BCUT2D eigenvalue weighted by Crippen LogP contribution is 1.99. The van der Waals surface area contributed by atoms with Crippen molar-refractivity contribution in [2.75, 3.05) is 13.1 Å². The van der Waals surface area contributed by atoms with E-state index in [1.165, 1.54) is 5.54 Å². The van der Waals surface area contributed by atoms with Crippen molar-refractivity contribution in [3.63, 3.8) is 0 Å². The van der Waals surface area contributed by atoms with E-state index in [0.29, 0.717) is 24.5 Å². The lowest BCUT2D eigenvalue weighted by Crippen LogP contribution is -2.22. The minimum absolute atomic E-state index is 0.312. The molecule has 0 bridgehead atoms. The van der Waals surface area contributed by atoms with Gasteiger partial charge in [-0.15, -0.1) is 0 Å². The average Bonchev–Trinajstić information content (AvgIpc) is 1.97. The van der Waals surface area contributed by atoms with Crippen molar-refractivity contribution in [2.24, 2.45) is 5.73 Å². The summed E-state index contributed by atoms with van der Waals surface area (Å²) in [4.78, 5) is 10.2. The quantitative estimate of drug-likeness (QED) is 0.639. The number of primary amides is 1. The first-order valence-corrected chi connectivity index (χ1v) is 3.92. The molecule has 0 unspecified atom stereocenters. The van der Waals surface area contributed by atoms with Gasteiger partial charge in [-0.2, -0.15) is 0 Å². The van der Waals surface area contributed by atoms with Crippen molar-refractivity contribution < 1.29 is 4.79 Å². The Balaban J connectivity index is 3.21. The van der Waals surface area contributed by atoms with Crippen molar-refractivity contribution in [3.8, 4) is 0 Å². The summed E-state index contributed by atoms with van der Waals surface area (Å²) in [5.41, 5.74) is 6.17. The smallest absolute Gasteiger partial charge is 0.218 e. The Morgan fingerprint density at radius 1 is 1.64 bits per heavy atom. The predicted molar refractivity (Wildman–Crippen MR) is 46.5 cm³/mol. The predicted octanol–water partition coefficient (Wildman–Crippen LogP) is 0.770. The molecule has 0 radical (unpaired) electrons. The minimum atomic E-state index is -0.330. The number of rotatable bonds is 5. The van der Waals surface area contributed by atoms with Gasteiger partial charge in [0.2, 0.25) is 5.91 Å². The molecule has 0 heterocycles. The second-order valence-corrected chi connectivity index (χ2v) is 2.65. The van der Waals surface area contributed by atoms with Crippen LogP contribution in [0.5, 0.6) is 0 Å². The molecule has 1 amide bonds. The summed E-state index contributed by atoms with van der Waals surface area (Å²) in [7, 11) is 0. The zero-order chi connectivity index (χ0) is 8.69. The first kappa shape index (κ1) is 10.8. The molecule has 0 saturated heterocycles. The van der Waals surface area contributed by atoms with Gasteiger partial charge in [-0.1, -0.05) is 23.2 Å². The van der Waals surface area contributed by atoms with Gasteiger partial charge in [0.15, 0.2) is 0 Å². The standard InChI is InChI=1S/C6H10Cl2N2O/c7-3-5(8)4-10-2-1-6(9)11/h3,10H,1-2,4H2,(H2,9,11). The fourth-order valence-corrected chi connectivity index (χ4v) is 0.630. The Hall–Kier alpha value is -0.250. The zero-order valence-corrected chi connectivity index (χ0v) is 7.45. The van der Waals surface area contributed by atoms with Gasteiger partial charge in [0, 0.05) is 30.1 Å². The highest BCUT2D eigenvalue weighted by atomic mass is 35.5. The lowest BCUT2D eigenvalue weighted by Gasteiger charge is -1.99. The molecule has 64 valence electrons. The number of carbonyl (C=O) groups excluding carboxylic acids is 1. The van der Waals surface area contributed by atoms with E-state index in [9.17, 15) is 4.79 Å². The summed E-state index contributed by atoms with van der Waals surface area (Å²) in [6, 6.07) is 0. The van der Waals surface area contributed by atoms with Gasteiger partial charge in [-0.25, -0.2) is 0 Å². The number of hydrogen-bond acceptors (Lipinski definition) is 2. The summed E-state index contributed by atoms with van der Waals surface area (Å²) in [6.45, 7) is 0.995. The summed E-state index contributed by atoms with van der Waals surface area (Å²) in [6.07, 6.45) is 0.312. The van der Waals surface area contributed by atoms with E-state index in [4.69, 9.17) is 28.9 Å². The van der Waals surface area contributed by atoms with Crippen LogP contribution in [0.25, 0.3) is 0 Å². The molecule has 0 aliphatic rings. The van der Waals surface area contributed by atoms with E-state index in [1.807, 2.05) is 0 Å². The third-order valence-electron chi connectivity index (χ3n) is 0.960. The molecule has 0 aliphatic heterocycles. The summed E-state index contributed by atoms with van der Waals surface area (Å²) >= 11 is 10.8. The number of carbonyl (C=O) groups is 1. The largest absolute Gasteiger partial charge is 0.370 e. The van der Waals surface area contributed by atoms with Crippen LogP contribution in [0.4, 0.5) is 0 Å². The SMILES string of the molecule is NC(=O)CCNCC(Cl)=CCl. The van der Waals surface area contributed by atoms with Crippen LogP contribution in [0.2, 0.25) is 0 Å². The van der Waals surface area contributed by atoms with Gasteiger partial charge >= 0.3 is 0 Å². The maximum atomic E-state index is 10.2. The monoisotopic (exact) mass is 196 g/mol. The molecule has 3 N–H and O–H groups in total. The van der Waals surface area contributed by atoms with Crippen LogP contribution in [-0.4, -0.2) is 19.0 Å². The van der Waals surface area contributed by atoms with Crippen LogP contribution in [-0.2, 0) is 4.79 Å². The number of amides is 1. The van der Waals surface area contributed by atoms with E-state index in [2.05, 4.69) is 5.32 Å². The highest BCUT2D eigenvalue weighted by Gasteiger charge is 1.94. The van der Waals surface area contributed by atoms with E-state index >= 15 is 0 Å². The van der Waals surface area contributed by atoms with E-state index < -0.39 is 0 Å². The molecule has 0 rings (SSSR count). The van der Waals surface area contributed by atoms with Crippen molar-refractivity contribution in [2.45, 2.75) is 6.42 Å². The lowest BCUT2D eigenvalue weighted by atomic mass is 10.4. The van der Waals surface area contributed by atoms with E-state index in [1.54, 1.807) is 0 Å². The molecule has 0 saturated carbocycles. The number of hydrogen-bond donors (Lipinski definition) is 2. The summed E-state index contributed by atoms with van der Waals surface area (Å²) in [5.74, 6) is -0.330. The number of nitrogens with two attached hydrogens (primary N) is 1. The maximum Gasteiger partial charge on any atom is 0.218 e. The zero-order valence-electron chi connectivity index (χ0n) is 5.94. The van der Waals surface area contributed by atoms with Crippen molar-refractivity contribution >= 4 is 29.1 Å². The molecular weight excluding hydrogens is 187 g/mol. The Kier molecular flexibility index (Phi) is 6.31. The Labute approximate surface area is 75.5 Å². The van der Waals surface area contributed by atoms with Gasteiger partial charge in [-0.05, 0) is 0 Å². The molecule has 3 nitrogen and oxygen atoms in total. The third kappa shape index (κ3) is 7.65. The van der Waals surface area contributed by atoms with E-state index in [-0.39, 0.29) is 5.91 Å². The maximum absolute atomic E-state index is 10.2. The van der Waals surface area contributed by atoms with Gasteiger partial charge < -0.3 is 11.1 Å². The number of halogens is 2. The topological polar surface area (TPSA) is 55.1 Å². The number of nitrogens with one attached hydrogen (secondary N) is 1. The van der Waals surface area contributed by atoms with Crippen LogP contribution in [0, 0.1) is 0 Å². The molecule has 11 heavy (non-hydrogen) atoms. The van der Waals surface area contributed by atoms with Crippen molar-refractivity contribution in [3.05, 3.63) is 10.6 Å². The fraction of sp³-hybridized carbons (Fsp3) is 0.500. The molecule has 0 aromatic carbocycles. The third-order valence-corrected chi connectivity index (χ3v) is 1.58. The normalized spacial score (nSPS) is 11.6. The molecular formula is C6H10Cl2N2O. The molecule has 0 fully saturated rings. The molecule has 0 spiro atoms. The van der Waals surface area contributed by atoms with Crippen molar-refractivity contribution in [1.82, 2.24) is 5.32 Å². The second kappa shape index (κ2) is 6.46. The Morgan fingerprint density at radius 3 is 2.73 bits per heavy atom. The second-order valence-electron chi connectivity index (χ2n) is 1.95. The van der Waals surface area contributed by atoms with Crippen LogP contribution in [0.15, 0.2) is 10.6 Å². The van der Waals surface area contributed by atoms with Crippen LogP contribution >= 0.6 is 23.2 Å². The fourth-order valence-electron chi connectivity index (χ4n) is 0.458. The summed E-state index contributed by atoms with van der Waals surface area (Å²) < 4.78 is 0. The first-order chi connectivity index (χ1) is 5.16. The Bertz CT molecular complexity index is 159. The Morgan fingerprint density at radius 2 is 2.27 bits per heavy atom. The molecule has 5 heteroatoms. The first-order valence-electron chi connectivity index (χ1n) is 3.10. The molecule has 0 atom stereocenters. The lowest BCUT2D eigenvalue weighted by molar-refractivity contribution is -0.117. The molecule has 0 aliphatic carbocycles. The molecule has 0 aromatic rings. The summed E-state index contributed by atoms with van der Waals surface area (Å²) in [5, 5.41) is 3.39. The van der Waals surface area contributed by atoms with Crippen LogP contribution in [0.1, 0.15) is 6.42 Å². The van der Waals surface area contributed by atoms with Crippen molar-refractivity contribution in [1.29, 1.82) is 0 Å².